The van der Waals surface area contributed by atoms with Gasteiger partial charge in [-0.05, 0) is 41.8 Å². The summed E-state index contributed by atoms with van der Waals surface area (Å²) in [4.78, 5) is 0. The third-order valence-corrected chi connectivity index (χ3v) is 5.46. The highest BCUT2D eigenvalue weighted by atomic mass is 32.2. The largest absolute Gasteiger partial charge is 0.497 e. The molecular formula is C16H17N5O3S. The number of hydrogen-bond acceptors (Lipinski definition) is 5. The van der Waals surface area contributed by atoms with Gasteiger partial charge in [0, 0.05) is 19.2 Å². The Hall–Kier alpha value is -2.49. The topological polar surface area (TPSA) is 103 Å². The van der Waals surface area contributed by atoms with Crippen molar-refractivity contribution in [3.63, 3.8) is 0 Å². The summed E-state index contributed by atoms with van der Waals surface area (Å²) in [6.07, 6.45) is 0.611. The lowest BCUT2D eigenvalue weighted by molar-refractivity contribution is 0.392. The number of methoxy groups -OCH3 is 1. The molecule has 25 heavy (non-hydrogen) atoms. The van der Waals surface area contributed by atoms with Gasteiger partial charge >= 0.3 is 0 Å². The fourth-order valence-corrected chi connectivity index (χ4v) is 3.75. The van der Waals surface area contributed by atoms with Gasteiger partial charge in [0.1, 0.15) is 11.3 Å². The van der Waals surface area contributed by atoms with E-state index in [1.54, 1.807) is 11.8 Å². The fraction of sp³-hybridized carbons (Fsp3) is 0.250. The molecule has 0 aliphatic carbocycles. The first kappa shape index (κ1) is 16.0. The maximum absolute atomic E-state index is 11.5. The zero-order chi connectivity index (χ0) is 17.6. The van der Waals surface area contributed by atoms with E-state index >= 15 is 0 Å². The molecule has 0 radical (unpaired) electrons. The summed E-state index contributed by atoms with van der Waals surface area (Å²) < 4.78 is 31.3. The van der Waals surface area contributed by atoms with Crippen molar-refractivity contribution in [2.75, 3.05) is 13.7 Å². The van der Waals surface area contributed by atoms with Gasteiger partial charge in [-0.15, -0.1) is 5.10 Å². The first-order valence-corrected chi connectivity index (χ1v) is 9.25. The minimum absolute atomic E-state index is 0.295. The van der Waals surface area contributed by atoms with E-state index in [2.05, 4.69) is 10.3 Å². The molecule has 2 N–H and O–H groups in total. The van der Waals surface area contributed by atoms with Crippen LogP contribution in [0.25, 0.3) is 16.7 Å². The molecule has 9 heteroatoms. The van der Waals surface area contributed by atoms with Crippen molar-refractivity contribution in [3.8, 4) is 11.4 Å². The summed E-state index contributed by atoms with van der Waals surface area (Å²) in [5, 5.41) is 13.6. The van der Waals surface area contributed by atoms with E-state index in [0.717, 1.165) is 33.6 Å². The Morgan fingerprint density at radius 2 is 2.00 bits per heavy atom. The summed E-state index contributed by atoms with van der Waals surface area (Å²) >= 11 is 0. The van der Waals surface area contributed by atoms with Crippen LogP contribution in [0.2, 0.25) is 0 Å². The predicted molar refractivity (Wildman–Crippen MR) is 92.6 cm³/mol. The SMILES string of the molecule is COc1ccc2c(c1)nnn2-c1ccc2c(c1)CCN(S(N)(=O)=O)C2. The van der Waals surface area contributed by atoms with Crippen LogP contribution in [0.4, 0.5) is 0 Å². The second-order valence-electron chi connectivity index (χ2n) is 5.94. The number of nitrogens with two attached hydrogens (primary N) is 1. The van der Waals surface area contributed by atoms with Gasteiger partial charge < -0.3 is 4.74 Å². The van der Waals surface area contributed by atoms with Crippen molar-refractivity contribution in [2.24, 2.45) is 5.14 Å². The van der Waals surface area contributed by atoms with Gasteiger partial charge in [-0.25, -0.2) is 9.82 Å². The van der Waals surface area contributed by atoms with E-state index in [9.17, 15) is 8.42 Å². The average Bonchev–Trinajstić information content (AvgIpc) is 3.03. The Balaban J connectivity index is 1.72. The maximum Gasteiger partial charge on any atom is 0.277 e. The van der Waals surface area contributed by atoms with Crippen LogP contribution in [-0.2, 0) is 23.2 Å². The van der Waals surface area contributed by atoms with Gasteiger partial charge in [-0.2, -0.15) is 12.7 Å². The molecule has 4 rings (SSSR count). The number of ether oxygens (including phenoxy) is 1. The zero-order valence-corrected chi connectivity index (χ0v) is 14.4. The molecule has 3 aromatic rings. The normalized spacial score (nSPS) is 15.3. The summed E-state index contributed by atoms with van der Waals surface area (Å²) in [6.45, 7) is 0.675. The van der Waals surface area contributed by atoms with Crippen LogP contribution in [0.3, 0.4) is 0 Å². The minimum atomic E-state index is -3.66. The number of benzene rings is 2. The molecule has 2 heterocycles. The lowest BCUT2D eigenvalue weighted by atomic mass is 10.0. The Labute approximate surface area is 145 Å². The van der Waals surface area contributed by atoms with E-state index in [1.165, 1.54) is 4.31 Å². The van der Waals surface area contributed by atoms with E-state index < -0.39 is 10.2 Å². The van der Waals surface area contributed by atoms with Crippen molar-refractivity contribution < 1.29 is 13.2 Å². The van der Waals surface area contributed by atoms with Crippen LogP contribution in [-0.4, -0.2) is 41.4 Å². The number of fused-ring (bicyclic) bond motifs is 2. The van der Waals surface area contributed by atoms with Gasteiger partial charge in [0.05, 0.1) is 18.3 Å². The van der Waals surface area contributed by atoms with Gasteiger partial charge in [0.2, 0.25) is 0 Å². The van der Waals surface area contributed by atoms with E-state index in [-0.39, 0.29) is 0 Å². The molecule has 0 saturated heterocycles. The summed E-state index contributed by atoms with van der Waals surface area (Å²) in [5.74, 6) is 0.730. The molecule has 1 aliphatic rings. The summed E-state index contributed by atoms with van der Waals surface area (Å²) in [7, 11) is -2.05. The predicted octanol–water partition coefficient (Wildman–Crippen LogP) is 0.991. The quantitative estimate of drug-likeness (QED) is 0.751. The highest BCUT2D eigenvalue weighted by Gasteiger charge is 2.24. The maximum atomic E-state index is 11.5. The second kappa shape index (κ2) is 5.80. The standard InChI is InChI=1S/C16H17N5O3S/c1-24-14-4-5-16-15(9-14)18-19-21(16)13-3-2-12-10-20(25(17,22)23)7-6-11(12)8-13/h2-5,8-9H,6-7,10H2,1H3,(H2,17,22,23). The fourth-order valence-electron chi connectivity index (χ4n) is 3.08. The van der Waals surface area contributed by atoms with Gasteiger partial charge in [-0.3, -0.25) is 0 Å². The van der Waals surface area contributed by atoms with Crippen LogP contribution in [0.1, 0.15) is 11.1 Å². The number of aromatic nitrogens is 3. The van der Waals surface area contributed by atoms with Crippen LogP contribution in [0.15, 0.2) is 36.4 Å². The third-order valence-electron chi connectivity index (χ3n) is 4.42. The lowest BCUT2D eigenvalue weighted by Gasteiger charge is -2.26. The Bertz CT molecular complexity index is 1060. The molecule has 0 spiro atoms. The number of rotatable bonds is 3. The Kier molecular flexibility index (Phi) is 3.71. The van der Waals surface area contributed by atoms with Crippen LogP contribution >= 0.6 is 0 Å². The molecule has 0 amide bonds. The molecular weight excluding hydrogens is 342 g/mol. The average molecular weight is 359 g/mol. The molecule has 0 fully saturated rings. The molecule has 0 unspecified atom stereocenters. The van der Waals surface area contributed by atoms with Crippen LogP contribution < -0.4 is 9.88 Å². The lowest BCUT2D eigenvalue weighted by Crippen LogP contribution is -2.40. The van der Waals surface area contributed by atoms with E-state index in [4.69, 9.17) is 9.88 Å². The van der Waals surface area contributed by atoms with Crippen molar-refractivity contribution in [1.82, 2.24) is 19.3 Å². The zero-order valence-electron chi connectivity index (χ0n) is 13.6. The molecule has 0 saturated carbocycles. The molecule has 8 nitrogen and oxygen atoms in total. The van der Waals surface area contributed by atoms with Crippen molar-refractivity contribution in [3.05, 3.63) is 47.5 Å². The minimum Gasteiger partial charge on any atom is -0.497 e. The first-order chi connectivity index (χ1) is 12.0. The van der Waals surface area contributed by atoms with Crippen molar-refractivity contribution in [1.29, 1.82) is 0 Å². The number of nitrogens with zero attached hydrogens (tertiary/aromatic N) is 4. The third kappa shape index (κ3) is 2.86. The van der Waals surface area contributed by atoms with Crippen molar-refractivity contribution in [2.45, 2.75) is 13.0 Å². The monoisotopic (exact) mass is 359 g/mol. The molecule has 1 aromatic heterocycles. The summed E-state index contributed by atoms with van der Waals surface area (Å²) in [5.41, 5.74) is 4.56. The van der Waals surface area contributed by atoms with E-state index in [1.807, 2.05) is 36.4 Å². The molecule has 0 bridgehead atoms. The van der Waals surface area contributed by atoms with Gasteiger partial charge in [-0.1, -0.05) is 11.3 Å². The summed E-state index contributed by atoms with van der Waals surface area (Å²) in [6, 6.07) is 11.5. The van der Waals surface area contributed by atoms with Crippen LogP contribution in [0, 0.1) is 0 Å². The molecule has 130 valence electrons. The first-order valence-electron chi connectivity index (χ1n) is 7.75. The highest BCUT2D eigenvalue weighted by molar-refractivity contribution is 7.86. The molecule has 2 aromatic carbocycles. The Morgan fingerprint density at radius 3 is 2.76 bits per heavy atom. The van der Waals surface area contributed by atoms with Crippen molar-refractivity contribution >= 4 is 21.2 Å². The van der Waals surface area contributed by atoms with E-state index in [0.29, 0.717) is 19.5 Å². The number of hydrogen-bond donors (Lipinski definition) is 1. The van der Waals surface area contributed by atoms with Crippen LogP contribution in [0.5, 0.6) is 5.75 Å². The molecule has 0 atom stereocenters. The van der Waals surface area contributed by atoms with Gasteiger partial charge in [0.25, 0.3) is 10.2 Å². The smallest absolute Gasteiger partial charge is 0.277 e. The Morgan fingerprint density at radius 1 is 1.16 bits per heavy atom. The van der Waals surface area contributed by atoms with Gasteiger partial charge in [0.15, 0.2) is 0 Å². The highest BCUT2D eigenvalue weighted by Crippen LogP contribution is 2.25. The molecule has 1 aliphatic heterocycles. The second-order valence-corrected chi connectivity index (χ2v) is 7.48.